The van der Waals surface area contributed by atoms with Crippen molar-refractivity contribution in [2.24, 2.45) is 0 Å². The number of carbonyl (C=O) groups is 2. The minimum atomic E-state index is -0.328. The zero-order chi connectivity index (χ0) is 16.5. The van der Waals surface area contributed by atoms with Gasteiger partial charge in [0.1, 0.15) is 0 Å². The summed E-state index contributed by atoms with van der Waals surface area (Å²) in [5.41, 5.74) is 1.90. The van der Waals surface area contributed by atoms with Crippen molar-refractivity contribution >= 4 is 23.6 Å². The van der Waals surface area contributed by atoms with E-state index in [1.165, 1.54) is 0 Å². The molecule has 0 unspecified atom stereocenters. The quantitative estimate of drug-likeness (QED) is 0.855. The van der Waals surface area contributed by atoms with E-state index in [0.717, 1.165) is 18.4 Å². The third-order valence-electron chi connectivity index (χ3n) is 3.94. The molecule has 2 amide bonds. The normalized spacial score (nSPS) is 17.7. The summed E-state index contributed by atoms with van der Waals surface area (Å²) in [4.78, 5) is 24.3. The van der Waals surface area contributed by atoms with E-state index < -0.39 is 0 Å². The molecule has 2 aliphatic rings. The van der Waals surface area contributed by atoms with E-state index in [-0.39, 0.29) is 17.6 Å². The maximum absolute atomic E-state index is 12.2. The third kappa shape index (κ3) is 3.01. The Balaban J connectivity index is 1.58. The summed E-state index contributed by atoms with van der Waals surface area (Å²) in [7, 11) is 0. The Morgan fingerprint density at radius 3 is 2.71 bits per heavy atom. The molecule has 24 heavy (non-hydrogen) atoms. The summed E-state index contributed by atoms with van der Waals surface area (Å²) < 4.78 is 5.69. The lowest BCUT2D eigenvalue weighted by molar-refractivity contribution is -0.115. The lowest BCUT2D eigenvalue weighted by Crippen LogP contribution is -2.27. The molecule has 2 aromatic rings. The first-order chi connectivity index (χ1) is 11.7. The van der Waals surface area contributed by atoms with Gasteiger partial charge >= 0.3 is 0 Å². The van der Waals surface area contributed by atoms with E-state index in [9.17, 15) is 9.59 Å². The fourth-order valence-corrected chi connectivity index (χ4v) is 2.50. The monoisotopic (exact) mass is 320 g/mol. The summed E-state index contributed by atoms with van der Waals surface area (Å²) in [5.74, 6) is 0.301. The van der Waals surface area contributed by atoms with Crippen molar-refractivity contribution < 1.29 is 14.3 Å². The molecular formula is C19H16N2O3. The van der Waals surface area contributed by atoms with Crippen LogP contribution < -0.4 is 15.4 Å². The van der Waals surface area contributed by atoms with E-state index in [0.29, 0.717) is 23.0 Å². The Hall–Kier alpha value is -3.08. The van der Waals surface area contributed by atoms with Gasteiger partial charge in [-0.2, -0.15) is 0 Å². The molecule has 2 N–H and O–H groups in total. The van der Waals surface area contributed by atoms with Crippen LogP contribution in [0.25, 0.3) is 6.08 Å². The zero-order valence-corrected chi connectivity index (χ0v) is 12.9. The molecule has 1 saturated carbocycles. The molecular weight excluding hydrogens is 304 g/mol. The van der Waals surface area contributed by atoms with Gasteiger partial charge in [-0.3, -0.25) is 9.59 Å². The van der Waals surface area contributed by atoms with Crippen molar-refractivity contribution in [2.75, 3.05) is 5.32 Å². The molecule has 5 heteroatoms. The summed E-state index contributed by atoms with van der Waals surface area (Å²) in [5, 5.41) is 5.71. The van der Waals surface area contributed by atoms with Gasteiger partial charge in [0.25, 0.3) is 11.8 Å². The number of nitrogens with one attached hydrogen (secondary N) is 2. The standard InChI is InChI=1S/C19H16N2O3/c22-18(20-14-7-8-14)13-6-9-16-15(11-13)21-19(23)17(24-16)10-12-4-2-1-3-5-12/h1-6,9-11,14H,7-8H2,(H,20,22)(H,21,23)/b17-10-. The van der Waals surface area contributed by atoms with Crippen LogP contribution in [-0.4, -0.2) is 17.9 Å². The molecule has 0 aromatic heterocycles. The van der Waals surface area contributed by atoms with Crippen molar-refractivity contribution in [3.63, 3.8) is 0 Å². The largest absolute Gasteiger partial charge is 0.449 e. The van der Waals surface area contributed by atoms with Gasteiger partial charge in [0.15, 0.2) is 11.5 Å². The molecule has 0 saturated heterocycles. The maximum atomic E-state index is 12.2. The maximum Gasteiger partial charge on any atom is 0.291 e. The summed E-state index contributed by atoms with van der Waals surface area (Å²) in [6.07, 6.45) is 3.75. The number of rotatable bonds is 3. The molecule has 0 bridgehead atoms. The molecule has 1 aliphatic carbocycles. The molecule has 5 nitrogen and oxygen atoms in total. The van der Waals surface area contributed by atoms with E-state index in [1.807, 2.05) is 30.3 Å². The lowest BCUT2D eigenvalue weighted by Gasteiger charge is -2.20. The average Bonchev–Trinajstić information content (AvgIpc) is 3.40. The van der Waals surface area contributed by atoms with E-state index in [4.69, 9.17) is 4.74 Å². The Morgan fingerprint density at radius 2 is 1.96 bits per heavy atom. The first kappa shape index (κ1) is 14.5. The van der Waals surface area contributed by atoms with Crippen molar-refractivity contribution in [3.8, 4) is 5.75 Å². The van der Waals surface area contributed by atoms with Gasteiger partial charge in [0.2, 0.25) is 0 Å². The Kier molecular flexibility index (Phi) is 3.54. The van der Waals surface area contributed by atoms with Crippen molar-refractivity contribution in [1.82, 2.24) is 5.32 Å². The number of hydrogen-bond donors (Lipinski definition) is 2. The third-order valence-corrected chi connectivity index (χ3v) is 3.94. The fourth-order valence-electron chi connectivity index (χ4n) is 2.50. The van der Waals surface area contributed by atoms with E-state index in [2.05, 4.69) is 10.6 Å². The smallest absolute Gasteiger partial charge is 0.291 e. The van der Waals surface area contributed by atoms with Crippen LogP contribution in [0, 0.1) is 0 Å². The Bertz CT molecular complexity index is 839. The highest BCUT2D eigenvalue weighted by atomic mass is 16.5. The second kappa shape index (κ2) is 5.85. The van der Waals surface area contributed by atoms with Crippen molar-refractivity contribution in [1.29, 1.82) is 0 Å². The summed E-state index contributed by atoms with van der Waals surface area (Å²) in [6, 6.07) is 14.8. The van der Waals surface area contributed by atoms with Crippen LogP contribution >= 0.6 is 0 Å². The second-order valence-corrected chi connectivity index (χ2v) is 5.93. The number of ether oxygens (including phenoxy) is 1. The molecule has 1 fully saturated rings. The number of benzene rings is 2. The van der Waals surface area contributed by atoms with Gasteiger partial charge in [0, 0.05) is 11.6 Å². The molecule has 1 aliphatic heterocycles. The van der Waals surface area contributed by atoms with Crippen LogP contribution in [0.3, 0.4) is 0 Å². The highest BCUT2D eigenvalue weighted by Gasteiger charge is 2.26. The van der Waals surface area contributed by atoms with Gasteiger partial charge in [-0.15, -0.1) is 0 Å². The summed E-state index contributed by atoms with van der Waals surface area (Å²) in [6.45, 7) is 0. The van der Waals surface area contributed by atoms with Gasteiger partial charge in [-0.05, 0) is 42.7 Å². The van der Waals surface area contributed by atoms with Crippen molar-refractivity contribution in [3.05, 3.63) is 65.4 Å². The predicted octanol–water partition coefficient (Wildman–Crippen LogP) is 2.95. The number of fused-ring (bicyclic) bond motifs is 1. The minimum absolute atomic E-state index is 0.125. The first-order valence-corrected chi connectivity index (χ1v) is 7.90. The van der Waals surface area contributed by atoms with Gasteiger partial charge in [-0.25, -0.2) is 0 Å². The van der Waals surface area contributed by atoms with Crippen molar-refractivity contribution in [2.45, 2.75) is 18.9 Å². The van der Waals surface area contributed by atoms with Crippen LogP contribution in [0.4, 0.5) is 5.69 Å². The SMILES string of the molecule is O=C1Nc2cc(C(=O)NC3CC3)ccc2O/C1=C\c1ccccc1. The number of amides is 2. The molecule has 4 rings (SSSR count). The van der Waals surface area contributed by atoms with Crippen LogP contribution in [0.5, 0.6) is 5.75 Å². The molecule has 0 radical (unpaired) electrons. The Labute approximate surface area is 139 Å². The highest BCUT2D eigenvalue weighted by molar-refractivity contribution is 6.09. The predicted molar refractivity (Wildman–Crippen MR) is 90.6 cm³/mol. The van der Waals surface area contributed by atoms with E-state index >= 15 is 0 Å². The van der Waals surface area contributed by atoms with Gasteiger partial charge < -0.3 is 15.4 Å². The number of hydrogen-bond acceptors (Lipinski definition) is 3. The van der Waals surface area contributed by atoms with Gasteiger partial charge in [-0.1, -0.05) is 30.3 Å². The highest BCUT2D eigenvalue weighted by Crippen LogP contribution is 2.32. The molecule has 1 heterocycles. The number of anilines is 1. The average molecular weight is 320 g/mol. The van der Waals surface area contributed by atoms with E-state index in [1.54, 1.807) is 24.3 Å². The molecule has 0 atom stereocenters. The topological polar surface area (TPSA) is 67.4 Å². The molecule has 120 valence electrons. The van der Waals surface area contributed by atoms with Crippen LogP contribution in [0.2, 0.25) is 0 Å². The van der Waals surface area contributed by atoms with Crippen LogP contribution in [0.1, 0.15) is 28.8 Å². The zero-order valence-electron chi connectivity index (χ0n) is 12.9. The number of carbonyl (C=O) groups excluding carboxylic acids is 2. The van der Waals surface area contributed by atoms with Gasteiger partial charge in [0.05, 0.1) is 5.69 Å². The first-order valence-electron chi connectivity index (χ1n) is 7.90. The second-order valence-electron chi connectivity index (χ2n) is 5.93. The van der Waals surface area contributed by atoms with Crippen LogP contribution in [-0.2, 0) is 4.79 Å². The lowest BCUT2D eigenvalue weighted by atomic mass is 10.1. The molecule has 2 aromatic carbocycles. The minimum Gasteiger partial charge on any atom is -0.449 e. The fraction of sp³-hybridized carbons (Fsp3) is 0.158. The molecule has 0 spiro atoms. The Morgan fingerprint density at radius 1 is 1.17 bits per heavy atom. The summed E-state index contributed by atoms with van der Waals surface area (Å²) >= 11 is 0. The van der Waals surface area contributed by atoms with Crippen LogP contribution in [0.15, 0.2) is 54.3 Å².